The Balaban J connectivity index is 1.46. The number of primary amides is 1. The summed E-state index contributed by atoms with van der Waals surface area (Å²) in [5.41, 5.74) is 7.62. The van der Waals surface area contributed by atoms with Crippen molar-refractivity contribution in [2.45, 2.75) is 63.5 Å². The summed E-state index contributed by atoms with van der Waals surface area (Å²) in [5.74, 6) is 0.694. The number of aromatic nitrogens is 1. The number of pyridine rings is 1. The number of benzene rings is 1. The molecule has 2 heterocycles. The summed E-state index contributed by atoms with van der Waals surface area (Å²) < 4.78 is 0. The molecule has 8 heteroatoms. The maximum absolute atomic E-state index is 12.0. The zero-order valence-corrected chi connectivity index (χ0v) is 20.1. The number of carbonyl (C=O) groups is 2. The van der Waals surface area contributed by atoms with E-state index in [1.807, 2.05) is 24.0 Å². The third-order valence-electron chi connectivity index (χ3n) is 7.34. The Labute approximate surface area is 201 Å². The summed E-state index contributed by atoms with van der Waals surface area (Å²) >= 11 is 0. The Morgan fingerprint density at radius 2 is 1.85 bits per heavy atom. The Morgan fingerprint density at radius 1 is 1.21 bits per heavy atom. The van der Waals surface area contributed by atoms with Crippen molar-refractivity contribution in [2.75, 3.05) is 30.4 Å². The first kappa shape index (κ1) is 24.0. The number of hydrogen-bond donors (Lipinski definition) is 3. The lowest BCUT2D eigenvalue weighted by atomic mass is 9.89. The van der Waals surface area contributed by atoms with Gasteiger partial charge < -0.3 is 26.0 Å². The molecule has 2 fully saturated rings. The van der Waals surface area contributed by atoms with Crippen LogP contribution >= 0.6 is 0 Å². The van der Waals surface area contributed by atoms with E-state index in [0.717, 1.165) is 44.5 Å². The minimum atomic E-state index is -0.984. The zero-order valence-electron chi connectivity index (χ0n) is 20.1. The number of carbonyl (C=O) groups excluding carboxylic acids is 2. The second-order valence-electron chi connectivity index (χ2n) is 9.46. The van der Waals surface area contributed by atoms with Gasteiger partial charge in [-0.1, -0.05) is 19.1 Å². The highest BCUT2D eigenvalue weighted by atomic mass is 16.3. The number of nitrogens with one attached hydrogen (secondary N) is 1. The molecular weight excluding hydrogens is 430 g/mol. The number of hydrogen-bond acceptors (Lipinski definition) is 6. The van der Waals surface area contributed by atoms with Crippen molar-refractivity contribution in [3.63, 3.8) is 0 Å². The van der Waals surface area contributed by atoms with Gasteiger partial charge in [0.25, 0.3) is 5.91 Å². The van der Waals surface area contributed by atoms with Crippen molar-refractivity contribution < 1.29 is 14.7 Å². The van der Waals surface area contributed by atoms with Gasteiger partial charge in [-0.3, -0.25) is 9.59 Å². The average molecular weight is 466 g/mol. The molecule has 1 aromatic carbocycles. The van der Waals surface area contributed by atoms with Crippen molar-refractivity contribution in [3.05, 3.63) is 47.7 Å². The van der Waals surface area contributed by atoms with Crippen molar-refractivity contribution in [3.8, 4) is 0 Å². The maximum atomic E-state index is 12.0. The fraction of sp³-hybridized carbons (Fsp3) is 0.500. The van der Waals surface area contributed by atoms with Gasteiger partial charge in [0, 0.05) is 44.5 Å². The summed E-state index contributed by atoms with van der Waals surface area (Å²) in [6, 6.07) is 10.1. The predicted molar refractivity (Wildman–Crippen MR) is 133 cm³/mol. The van der Waals surface area contributed by atoms with Gasteiger partial charge in [-0.15, -0.1) is 0 Å². The van der Waals surface area contributed by atoms with Gasteiger partial charge in [-0.25, -0.2) is 4.98 Å². The minimum Gasteiger partial charge on any atom is -0.371 e. The second kappa shape index (κ2) is 10.0. The van der Waals surface area contributed by atoms with Crippen LogP contribution in [0.2, 0.25) is 0 Å². The fourth-order valence-electron chi connectivity index (χ4n) is 5.15. The molecule has 1 aliphatic carbocycles. The van der Waals surface area contributed by atoms with Crippen LogP contribution in [0.4, 0.5) is 17.2 Å². The van der Waals surface area contributed by atoms with Crippen LogP contribution in [0.3, 0.4) is 0 Å². The third kappa shape index (κ3) is 5.01. The molecule has 1 aromatic heterocycles. The molecule has 4 rings (SSSR count). The van der Waals surface area contributed by atoms with E-state index in [1.54, 1.807) is 18.0 Å². The summed E-state index contributed by atoms with van der Waals surface area (Å²) in [7, 11) is 1.80. The maximum Gasteiger partial charge on any atom is 0.252 e. The van der Waals surface area contributed by atoms with Gasteiger partial charge >= 0.3 is 0 Å². The third-order valence-corrected chi connectivity index (χ3v) is 7.34. The summed E-state index contributed by atoms with van der Waals surface area (Å²) in [6.07, 6.45) is 7.19. The lowest BCUT2D eigenvalue weighted by Gasteiger charge is -2.36. The zero-order chi connectivity index (χ0) is 24.3. The van der Waals surface area contributed by atoms with E-state index in [4.69, 9.17) is 5.73 Å². The smallest absolute Gasteiger partial charge is 0.252 e. The van der Waals surface area contributed by atoms with Crippen molar-refractivity contribution in [1.82, 2.24) is 9.88 Å². The Hall–Kier alpha value is -3.13. The standard InChI is InChI=1S/C26H35N5O3/c1-3-24(32)31-14-10-19(11-15-31)18-6-8-20(9-7-18)29-23-16-22(21(17-28-23)25(27)33)30(2)26(34)12-4-5-13-26/h6-9,16-17,19,34H,3-5,10-15H2,1-2H3,(H2,27,33)(H,28,29). The number of rotatable bonds is 7. The van der Waals surface area contributed by atoms with E-state index in [9.17, 15) is 14.7 Å². The number of likely N-dealkylation sites (tertiary alicyclic amines) is 1. The highest BCUT2D eigenvalue weighted by Gasteiger charge is 2.37. The molecule has 1 aliphatic heterocycles. The molecule has 0 bridgehead atoms. The number of nitrogens with two attached hydrogens (primary N) is 1. The van der Waals surface area contributed by atoms with Crippen LogP contribution in [-0.2, 0) is 4.79 Å². The number of aliphatic hydroxyl groups is 1. The van der Waals surface area contributed by atoms with E-state index < -0.39 is 11.6 Å². The molecule has 1 saturated carbocycles. The van der Waals surface area contributed by atoms with E-state index in [2.05, 4.69) is 22.4 Å². The number of anilines is 3. The Bertz CT molecular complexity index is 1030. The van der Waals surface area contributed by atoms with Crippen LogP contribution in [0.5, 0.6) is 0 Å². The molecule has 2 aromatic rings. The highest BCUT2D eigenvalue weighted by Crippen LogP contribution is 2.37. The molecule has 182 valence electrons. The monoisotopic (exact) mass is 465 g/mol. The van der Waals surface area contributed by atoms with Gasteiger partial charge in [0.1, 0.15) is 11.5 Å². The molecule has 8 nitrogen and oxygen atoms in total. The molecular formula is C26H35N5O3. The van der Waals surface area contributed by atoms with Gasteiger partial charge in [-0.2, -0.15) is 0 Å². The van der Waals surface area contributed by atoms with Crippen LogP contribution in [-0.4, -0.2) is 52.7 Å². The van der Waals surface area contributed by atoms with Gasteiger partial charge in [0.15, 0.2) is 0 Å². The first-order chi connectivity index (χ1) is 16.3. The van der Waals surface area contributed by atoms with Crippen molar-refractivity contribution in [1.29, 1.82) is 0 Å². The summed E-state index contributed by atoms with van der Waals surface area (Å²) in [4.78, 5) is 32.0. The average Bonchev–Trinajstić information content (AvgIpc) is 3.31. The van der Waals surface area contributed by atoms with E-state index in [-0.39, 0.29) is 11.5 Å². The molecule has 1 saturated heterocycles. The molecule has 0 radical (unpaired) electrons. The van der Waals surface area contributed by atoms with E-state index >= 15 is 0 Å². The SMILES string of the molecule is CCC(=O)N1CCC(c2ccc(Nc3cc(N(C)C4(O)CCCC4)c(C(N)=O)cn3)cc2)CC1. The number of nitrogens with zero attached hydrogens (tertiary/aromatic N) is 3. The topological polar surface area (TPSA) is 112 Å². The van der Waals surface area contributed by atoms with Crippen LogP contribution < -0.4 is 16.0 Å². The molecule has 0 atom stereocenters. The molecule has 0 spiro atoms. The fourth-order valence-corrected chi connectivity index (χ4v) is 5.15. The first-order valence-corrected chi connectivity index (χ1v) is 12.2. The van der Waals surface area contributed by atoms with Crippen molar-refractivity contribution in [2.24, 2.45) is 5.73 Å². The quantitative estimate of drug-likeness (QED) is 0.537. The van der Waals surface area contributed by atoms with Gasteiger partial charge in [-0.05, 0) is 62.1 Å². The van der Waals surface area contributed by atoms with E-state index in [0.29, 0.717) is 36.7 Å². The largest absolute Gasteiger partial charge is 0.371 e. The predicted octanol–water partition coefficient (Wildman–Crippen LogP) is 3.74. The normalized spacial score (nSPS) is 18.0. The molecule has 2 amide bonds. The van der Waals surface area contributed by atoms with Crippen LogP contribution in [0.15, 0.2) is 36.5 Å². The number of piperidine rings is 1. The molecule has 0 unspecified atom stereocenters. The van der Waals surface area contributed by atoms with Crippen LogP contribution in [0.25, 0.3) is 0 Å². The Morgan fingerprint density at radius 3 is 2.44 bits per heavy atom. The summed E-state index contributed by atoms with van der Waals surface area (Å²) in [6.45, 7) is 3.54. The van der Waals surface area contributed by atoms with Gasteiger partial charge in [0.2, 0.25) is 5.91 Å². The highest BCUT2D eigenvalue weighted by molar-refractivity contribution is 5.99. The van der Waals surface area contributed by atoms with Crippen molar-refractivity contribution >= 4 is 29.0 Å². The minimum absolute atomic E-state index is 0.234. The van der Waals surface area contributed by atoms with Gasteiger partial charge in [0.05, 0.1) is 11.3 Å². The molecule has 2 aliphatic rings. The molecule has 4 N–H and O–H groups in total. The molecule has 34 heavy (non-hydrogen) atoms. The summed E-state index contributed by atoms with van der Waals surface area (Å²) in [5, 5.41) is 14.3. The second-order valence-corrected chi connectivity index (χ2v) is 9.46. The Kier molecular flexibility index (Phi) is 7.07. The van der Waals surface area contributed by atoms with Crippen LogP contribution in [0.1, 0.15) is 73.7 Å². The first-order valence-electron chi connectivity index (χ1n) is 12.2. The van der Waals surface area contributed by atoms with E-state index in [1.165, 1.54) is 11.8 Å². The number of amides is 2. The lowest BCUT2D eigenvalue weighted by molar-refractivity contribution is -0.131. The van der Waals surface area contributed by atoms with Crippen LogP contribution in [0, 0.1) is 0 Å². The lowest BCUT2D eigenvalue weighted by Crippen LogP contribution is -2.45.